The Bertz CT molecular complexity index is 662. The van der Waals surface area contributed by atoms with Gasteiger partial charge in [-0.1, -0.05) is 23.7 Å². The lowest BCUT2D eigenvalue weighted by atomic mass is 10.2. The van der Waals surface area contributed by atoms with Crippen molar-refractivity contribution < 1.29 is 18.0 Å². The summed E-state index contributed by atoms with van der Waals surface area (Å²) in [4.78, 5) is 22.2. The van der Waals surface area contributed by atoms with Crippen LogP contribution in [0.1, 0.15) is 5.56 Å². The molecule has 0 spiro atoms. The van der Waals surface area contributed by atoms with Crippen LogP contribution in [0.4, 0.5) is 4.79 Å². The highest BCUT2D eigenvalue weighted by molar-refractivity contribution is 7.89. The van der Waals surface area contributed by atoms with Gasteiger partial charge in [-0.05, 0) is 24.1 Å². The molecule has 0 unspecified atom stereocenters. The molecule has 7 nitrogen and oxygen atoms in total. The van der Waals surface area contributed by atoms with Crippen LogP contribution in [0.2, 0.25) is 5.02 Å². The molecule has 0 bridgehead atoms. The number of rotatable bonds is 6. The molecule has 1 aromatic rings. The fourth-order valence-corrected chi connectivity index (χ4v) is 3.32. The van der Waals surface area contributed by atoms with Crippen molar-refractivity contribution in [1.82, 2.24) is 15.4 Å². The van der Waals surface area contributed by atoms with E-state index in [1.54, 1.807) is 18.2 Å². The number of imide groups is 1. The third-order valence-corrected chi connectivity index (χ3v) is 4.52. The molecule has 1 atom stereocenters. The van der Waals surface area contributed by atoms with Gasteiger partial charge in [-0.25, -0.2) is 17.9 Å². The zero-order valence-corrected chi connectivity index (χ0v) is 12.5. The number of halogens is 1. The summed E-state index contributed by atoms with van der Waals surface area (Å²) < 4.78 is 26.0. The first kappa shape index (κ1) is 15.7. The number of nitrogens with one attached hydrogen (secondary N) is 3. The topological polar surface area (TPSA) is 104 Å². The number of urea groups is 1. The minimum Gasteiger partial charge on any atom is -0.325 e. The van der Waals surface area contributed by atoms with E-state index in [9.17, 15) is 18.0 Å². The van der Waals surface area contributed by atoms with Crippen molar-refractivity contribution in [3.8, 4) is 0 Å². The molecule has 0 aliphatic carbocycles. The Labute approximate surface area is 127 Å². The van der Waals surface area contributed by atoms with Crippen LogP contribution in [0.3, 0.4) is 0 Å². The predicted molar refractivity (Wildman–Crippen MR) is 77.4 cm³/mol. The maximum absolute atomic E-state index is 11.8. The number of sulfonamides is 1. The van der Waals surface area contributed by atoms with Crippen LogP contribution in [0.15, 0.2) is 24.3 Å². The molecule has 3 N–H and O–H groups in total. The van der Waals surface area contributed by atoms with Gasteiger partial charge in [0.2, 0.25) is 10.0 Å². The summed E-state index contributed by atoms with van der Waals surface area (Å²) in [6.45, 7) is 0.185. The molecule has 3 amide bonds. The van der Waals surface area contributed by atoms with Gasteiger partial charge in [-0.3, -0.25) is 10.1 Å². The monoisotopic (exact) mass is 331 g/mol. The van der Waals surface area contributed by atoms with E-state index in [0.717, 1.165) is 5.56 Å². The highest BCUT2D eigenvalue weighted by Crippen LogP contribution is 2.10. The molecule has 114 valence electrons. The fraction of sp³-hybridized carbons (Fsp3) is 0.333. The third-order valence-electron chi connectivity index (χ3n) is 2.87. The quantitative estimate of drug-likeness (QED) is 0.639. The molecule has 1 aromatic carbocycles. The molecular formula is C12H14ClN3O4S. The zero-order chi connectivity index (χ0) is 15.5. The Morgan fingerprint density at radius 3 is 2.67 bits per heavy atom. The van der Waals surface area contributed by atoms with Crippen LogP contribution in [-0.4, -0.2) is 38.7 Å². The molecule has 1 heterocycles. The summed E-state index contributed by atoms with van der Waals surface area (Å²) in [7, 11) is -3.66. The van der Waals surface area contributed by atoms with Crippen LogP contribution in [0, 0.1) is 0 Å². The number of carbonyl (C=O) groups is 2. The standard InChI is InChI=1S/C12H14ClN3O4S/c13-9-3-1-2-8(6-9)4-5-14-21(19,20)7-10-11(17)16-12(18)15-10/h1-3,6,10,14H,4-5,7H2,(H2,15,16,17,18)/t10-/m1/s1. The van der Waals surface area contributed by atoms with Crippen molar-refractivity contribution in [2.45, 2.75) is 12.5 Å². The molecule has 0 aromatic heterocycles. The maximum atomic E-state index is 11.8. The summed E-state index contributed by atoms with van der Waals surface area (Å²) in [5.41, 5.74) is 0.900. The smallest absolute Gasteiger partial charge is 0.322 e. The summed E-state index contributed by atoms with van der Waals surface area (Å²) in [6.07, 6.45) is 0.475. The Balaban J connectivity index is 1.84. The van der Waals surface area contributed by atoms with E-state index in [4.69, 9.17) is 11.6 Å². The van der Waals surface area contributed by atoms with Crippen LogP contribution < -0.4 is 15.4 Å². The molecule has 0 radical (unpaired) electrons. The van der Waals surface area contributed by atoms with Crippen LogP contribution in [0.25, 0.3) is 0 Å². The van der Waals surface area contributed by atoms with Gasteiger partial charge in [-0.15, -0.1) is 0 Å². The summed E-state index contributed by atoms with van der Waals surface area (Å²) >= 11 is 5.83. The highest BCUT2D eigenvalue weighted by atomic mass is 35.5. The fourth-order valence-electron chi connectivity index (χ4n) is 1.90. The molecule has 0 saturated carbocycles. The second-order valence-electron chi connectivity index (χ2n) is 4.57. The van der Waals surface area contributed by atoms with Crippen molar-refractivity contribution in [1.29, 1.82) is 0 Å². The lowest BCUT2D eigenvalue weighted by Crippen LogP contribution is -2.41. The number of hydrogen-bond acceptors (Lipinski definition) is 4. The number of carbonyl (C=O) groups excluding carboxylic acids is 2. The minimum atomic E-state index is -3.66. The molecule has 1 aliphatic heterocycles. The summed E-state index contributed by atoms with van der Waals surface area (Å²) in [6, 6.07) is 5.37. The molecule has 1 fully saturated rings. The van der Waals surface area contributed by atoms with Crippen LogP contribution in [0.5, 0.6) is 0 Å². The Kier molecular flexibility index (Phi) is 4.81. The summed E-state index contributed by atoms with van der Waals surface area (Å²) in [5.74, 6) is -1.12. The normalized spacial score (nSPS) is 18.4. The van der Waals surface area contributed by atoms with E-state index in [1.165, 1.54) is 0 Å². The SMILES string of the molecule is O=C1NC(=O)[C@@H](CS(=O)(=O)NCCc2cccc(Cl)c2)N1. The van der Waals surface area contributed by atoms with Gasteiger partial charge in [0, 0.05) is 11.6 Å². The van der Waals surface area contributed by atoms with Crippen molar-refractivity contribution in [3.63, 3.8) is 0 Å². The maximum Gasteiger partial charge on any atom is 0.322 e. The van der Waals surface area contributed by atoms with Crippen molar-refractivity contribution in [2.75, 3.05) is 12.3 Å². The van der Waals surface area contributed by atoms with E-state index in [0.29, 0.717) is 11.4 Å². The van der Waals surface area contributed by atoms with Crippen molar-refractivity contribution in [2.24, 2.45) is 0 Å². The van der Waals surface area contributed by atoms with Gasteiger partial charge in [0.15, 0.2) is 0 Å². The van der Waals surface area contributed by atoms with Crippen molar-refractivity contribution in [3.05, 3.63) is 34.9 Å². The lowest BCUT2D eigenvalue weighted by Gasteiger charge is -2.10. The summed E-state index contributed by atoms with van der Waals surface area (Å²) in [5, 5.41) is 4.80. The molecule has 21 heavy (non-hydrogen) atoms. The van der Waals surface area contributed by atoms with Crippen LogP contribution >= 0.6 is 11.6 Å². The predicted octanol–water partition coefficient (Wildman–Crippen LogP) is 0.00990. The molecule has 2 rings (SSSR count). The largest absolute Gasteiger partial charge is 0.325 e. The third kappa shape index (κ3) is 4.69. The van der Waals surface area contributed by atoms with Gasteiger partial charge in [0.05, 0.1) is 5.75 Å². The lowest BCUT2D eigenvalue weighted by molar-refractivity contribution is -0.119. The first-order valence-electron chi connectivity index (χ1n) is 6.19. The average Bonchev–Trinajstić information content (AvgIpc) is 2.66. The molecule has 1 saturated heterocycles. The van der Waals surface area contributed by atoms with Gasteiger partial charge < -0.3 is 5.32 Å². The highest BCUT2D eigenvalue weighted by Gasteiger charge is 2.33. The van der Waals surface area contributed by atoms with Gasteiger partial charge in [0.25, 0.3) is 5.91 Å². The second kappa shape index (κ2) is 6.42. The van der Waals surface area contributed by atoms with Gasteiger partial charge >= 0.3 is 6.03 Å². The van der Waals surface area contributed by atoms with Crippen molar-refractivity contribution >= 4 is 33.6 Å². The van der Waals surface area contributed by atoms with E-state index >= 15 is 0 Å². The Hall–Kier alpha value is -1.64. The van der Waals surface area contributed by atoms with E-state index < -0.39 is 33.8 Å². The average molecular weight is 332 g/mol. The number of benzene rings is 1. The molecule has 1 aliphatic rings. The first-order valence-corrected chi connectivity index (χ1v) is 8.22. The van der Waals surface area contributed by atoms with Gasteiger partial charge in [-0.2, -0.15) is 0 Å². The van der Waals surface area contributed by atoms with Crippen LogP contribution in [-0.2, 0) is 21.2 Å². The van der Waals surface area contributed by atoms with E-state index in [1.807, 2.05) is 11.4 Å². The second-order valence-corrected chi connectivity index (χ2v) is 6.86. The van der Waals surface area contributed by atoms with Gasteiger partial charge in [0.1, 0.15) is 6.04 Å². The number of amides is 3. The Morgan fingerprint density at radius 1 is 1.29 bits per heavy atom. The van der Waals surface area contributed by atoms with E-state index in [2.05, 4.69) is 10.0 Å². The molecular weight excluding hydrogens is 318 g/mol. The Morgan fingerprint density at radius 2 is 2.05 bits per heavy atom. The van der Waals surface area contributed by atoms with E-state index in [-0.39, 0.29) is 6.54 Å². The molecule has 9 heteroatoms. The first-order chi connectivity index (χ1) is 9.85. The zero-order valence-electron chi connectivity index (χ0n) is 10.9. The minimum absolute atomic E-state index is 0.185. The number of hydrogen-bond donors (Lipinski definition) is 3.